The van der Waals surface area contributed by atoms with Gasteiger partial charge in [-0.25, -0.2) is 12.7 Å². The Hall–Kier alpha value is -0.340. The second kappa shape index (κ2) is 5.57. The van der Waals surface area contributed by atoms with Crippen molar-refractivity contribution < 1.29 is 21.6 Å². The van der Waals surface area contributed by atoms with Crippen LogP contribution >= 0.6 is 0 Å². The Morgan fingerprint density at radius 1 is 1.26 bits per heavy atom. The lowest BCUT2D eigenvalue weighted by Crippen LogP contribution is -2.41. The van der Waals surface area contributed by atoms with Crippen LogP contribution in [0.1, 0.15) is 25.7 Å². The van der Waals surface area contributed by atoms with E-state index in [2.05, 4.69) is 5.32 Å². The lowest BCUT2D eigenvalue weighted by Gasteiger charge is -2.24. The Morgan fingerprint density at radius 3 is 2.63 bits per heavy atom. The third kappa shape index (κ3) is 4.06. The first kappa shape index (κ1) is 15.1. The number of hydrogen-bond donors (Lipinski definition) is 1. The number of nitrogens with zero attached hydrogens (tertiary/aromatic N) is 1. The molecular weight excluding hydrogens is 281 g/mol. The summed E-state index contributed by atoms with van der Waals surface area (Å²) >= 11 is 0. The van der Waals surface area contributed by atoms with Gasteiger partial charge in [0.05, 0.1) is 5.75 Å². The topological polar surface area (TPSA) is 49.4 Å². The van der Waals surface area contributed by atoms with E-state index < -0.39 is 28.4 Å². The first-order valence-electron chi connectivity index (χ1n) is 6.56. The van der Waals surface area contributed by atoms with Crippen molar-refractivity contribution >= 4 is 10.0 Å². The third-order valence-corrected chi connectivity index (χ3v) is 5.71. The molecule has 8 heteroatoms. The molecule has 19 heavy (non-hydrogen) atoms. The molecule has 4 nitrogen and oxygen atoms in total. The van der Waals surface area contributed by atoms with Crippen LogP contribution in [0.4, 0.5) is 13.2 Å². The normalized spacial score (nSPS) is 29.4. The van der Waals surface area contributed by atoms with E-state index in [0.29, 0.717) is 19.0 Å². The maximum Gasteiger partial charge on any atom is 0.389 e. The number of halogens is 3. The lowest BCUT2D eigenvalue weighted by molar-refractivity contribution is -0.134. The fourth-order valence-electron chi connectivity index (χ4n) is 2.82. The van der Waals surface area contributed by atoms with Crippen LogP contribution in [0, 0.1) is 5.92 Å². The van der Waals surface area contributed by atoms with Crippen LogP contribution in [0.25, 0.3) is 0 Å². The van der Waals surface area contributed by atoms with Gasteiger partial charge in [-0.2, -0.15) is 13.2 Å². The van der Waals surface area contributed by atoms with E-state index in [-0.39, 0.29) is 12.5 Å². The molecule has 0 spiro atoms. The Labute approximate surface area is 111 Å². The summed E-state index contributed by atoms with van der Waals surface area (Å²) in [5.41, 5.74) is 0. The van der Waals surface area contributed by atoms with Crippen molar-refractivity contribution in [2.75, 3.05) is 25.4 Å². The number of hydrogen-bond acceptors (Lipinski definition) is 3. The Bertz CT molecular complexity index is 397. The number of piperidine rings is 1. The molecule has 2 heterocycles. The van der Waals surface area contributed by atoms with Crippen LogP contribution < -0.4 is 5.32 Å². The number of sulfonamides is 1. The second-order valence-corrected chi connectivity index (χ2v) is 7.40. The van der Waals surface area contributed by atoms with Crippen molar-refractivity contribution in [3.05, 3.63) is 0 Å². The molecule has 2 aliphatic rings. The van der Waals surface area contributed by atoms with Gasteiger partial charge in [0.25, 0.3) is 0 Å². The third-order valence-electron chi connectivity index (χ3n) is 3.82. The van der Waals surface area contributed by atoms with Crippen LogP contribution in [0.2, 0.25) is 0 Å². The molecule has 2 aliphatic heterocycles. The molecule has 0 saturated carbocycles. The molecule has 0 radical (unpaired) electrons. The molecule has 0 aromatic carbocycles. The van der Waals surface area contributed by atoms with Crippen molar-refractivity contribution in [1.29, 1.82) is 0 Å². The van der Waals surface area contributed by atoms with Crippen LogP contribution in [0.15, 0.2) is 0 Å². The molecule has 2 saturated heterocycles. The smallest absolute Gasteiger partial charge is 0.312 e. The fraction of sp³-hybridized carbons (Fsp3) is 1.00. The summed E-state index contributed by atoms with van der Waals surface area (Å²) in [5, 5.41) is 3.28. The molecule has 0 bridgehead atoms. The molecule has 0 aromatic rings. The molecular formula is C11H19F3N2O2S. The van der Waals surface area contributed by atoms with E-state index in [4.69, 9.17) is 0 Å². The highest BCUT2D eigenvalue weighted by Gasteiger charge is 2.39. The number of alkyl halides is 3. The van der Waals surface area contributed by atoms with Crippen LogP contribution in [0.3, 0.4) is 0 Å². The highest BCUT2D eigenvalue weighted by atomic mass is 32.2. The number of fused-ring (bicyclic) bond motifs is 1. The molecule has 2 unspecified atom stereocenters. The van der Waals surface area contributed by atoms with Crippen LogP contribution in [-0.2, 0) is 10.0 Å². The Kier molecular flexibility index (Phi) is 4.42. The van der Waals surface area contributed by atoms with Gasteiger partial charge in [-0.05, 0) is 31.7 Å². The number of rotatable bonds is 4. The maximum absolute atomic E-state index is 12.0. The monoisotopic (exact) mass is 300 g/mol. The van der Waals surface area contributed by atoms with Crippen molar-refractivity contribution in [1.82, 2.24) is 9.62 Å². The predicted molar refractivity (Wildman–Crippen MR) is 65.2 cm³/mol. The Morgan fingerprint density at radius 2 is 2.00 bits per heavy atom. The largest absolute Gasteiger partial charge is 0.389 e. The molecule has 112 valence electrons. The van der Waals surface area contributed by atoms with Gasteiger partial charge in [0.1, 0.15) is 0 Å². The van der Waals surface area contributed by atoms with Crippen molar-refractivity contribution in [3.63, 3.8) is 0 Å². The van der Waals surface area contributed by atoms with Crippen LogP contribution in [0.5, 0.6) is 0 Å². The van der Waals surface area contributed by atoms with Gasteiger partial charge in [-0.1, -0.05) is 0 Å². The summed E-state index contributed by atoms with van der Waals surface area (Å²) in [4.78, 5) is 0. The van der Waals surface area contributed by atoms with Crippen molar-refractivity contribution in [3.8, 4) is 0 Å². The van der Waals surface area contributed by atoms with Gasteiger partial charge in [-0.3, -0.25) is 0 Å². The van der Waals surface area contributed by atoms with Crippen molar-refractivity contribution in [2.45, 2.75) is 37.9 Å². The summed E-state index contributed by atoms with van der Waals surface area (Å²) in [6.07, 6.45) is -3.65. The molecule has 2 atom stereocenters. The zero-order chi connectivity index (χ0) is 14.1. The van der Waals surface area contributed by atoms with E-state index in [1.54, 1.807) is 0 Å². The predicted octanol–water partition coefficient (Wildman–Crippen LogP) is 1.34. The highest BCUT2D eigenvalue weighted by molar-refractivity contribution is 7.89. The average molecular weight is 300 g/mol. The van der Waals surface area contributed by atoms with Crippen LogP contribution in [-0.4, -0.2) is 50.3 Å². The molecule has 0 aliphatic carbocycles. The summed E-state index contributed by atoms with van der Waals surface area (Å²) in [6.45, 7) is 1.74. The molecule has 2 rings (SSSR count). The van der Waals surface area contributed by atoms with Gasteiger partial charge in [-0.15, -0.1) is 0 Å². The SMILES string of the molecule is O=S(=O)(CCCC(F)(F)F)N1CC2CCCNC2C1. The zero-order valence-corrected chi connectivity index (χ0v) is 11.4. The van der Waals surface area contributed by atoms with E-state index >= 15 is 0 Å². The minimum absolute atomic E-state index is 0.172. The first-order chi connectivity index (χ1) is 8.78. The summed E-state index contributed by atoms with van der Waals surface area (Å²) < 4.78 is 61.4. The van der Waals surface area contributed by atoms with E-state index in [9.17, 15) is 21.6 Å². The Balaban J connectivity index is 1.86. The van der Waals surface area contributed by atoms with Gasteiger partial charge in [0, 0.05) is 25.6 Å². The first-order valence-corrected chi connectivity index (χ1v) is 8.17. The minimum atomic E-state index is -4.28. The molecule has 1 N–H and O–H groups in total. The molecule has 0 aromatic heterocycles. The van der Waals surface area contributed by atoms with Crippen molar-refractivity contribution in [2.24, 2.45) is 5.92 Å². The van der Waals surface area contributed by atoms with Gasteiger partial charge in [0.2, 0.25) is 10.0 Å². The van der Waals surface area contributed by atoms with Gasteiger partial charge in [0.15, 0.2) is 0 Å². The standard InChI is InChI=1S/C11H19F3N2O2S/c12-11(13,14)4-2-6-19(17,18)16-7-9-3-1-5-15-10(9)8-16/h9-10,15H,1-8H2. The number of nitrogens with one attached hydrogen (secondary N) is 1. The lowest BCUT2D eigenvalue weighted by atomic mass is 9.94. The second-order valence-electron chi connectivity index (χ2n) is 5.31. The minimum Gasteiger partial charge on any atom is -0.312 e. The highest BCUT2D eigenvalue weighted by Crippen LogP contribution is 2.28. The maximum atomic E-state index is 12.0. The summed E-state index contributed by atoms with van der Waals surface area (Å²) in [7, 11) is -3.55. The molecule has 0 amide bonds. The average Bonchev–Trinajstić information content (AvgIpc) is 2.71. The summed E-state index contributed by atoms with van der Waals surface area (Å²) in [5.74, 6) is -0.0995. The van der Waals surface area contributed by atoms with E-state index in [1.165, 1.54) is 4.31 Å². The quantitative estimate of drug-likeness (QED) is 0.852. The summed E-state index contributed by atoms with van der Waals surface area (Å²) in [6, 6.07) is 0.172. The molecule has 2 fully saturated rings. The van der Waals surface area contributed by atoms with Gasteiger partial charge >= 0.3 is 6.18 Å². The zero-order valence-electron chi connectivity index (χ0n) is 10.6. The fourth-order valence-corrected chi connectivity index (χ4v) is 4.39. The van der Waals surface area contributed by atoms with Gasteiger partial charge < -0.3 is 5.32 Å². The van der Waals surface area contributed by atoms with E-state index in [1.807, 2.05) is 0 Å². The van der Waals surface area contributed by atoms with E-state index in [0.717, 1.165) is 19.4 Å².